The van der Waals surface area contributed by atoms with E-state index in [0.717, 1.165) is 3.97 Å². The first-order valence-corrected chi connectivity index (χ1v) is 16.4. The highest BCUT2D eigenvalue weighted by atomic mass is 32.2. The second-order valence-electron chi connectivity index (χ2n) is 12.0. The van der Waals surface area contributed by atoms with Gasteiger partial charge in [-0.05, 0) is 42.7 Å². The molecule has 0 radical (unpaired) electrons. The molecule has 1 amide bonds. The average Bonchev–Trinajstić information content (AvgIpc) is 3.77. The lowest BCUT2D eigenvalue weighted by Crippen LogP contribution is -2.33. The first-order chi connectivity index (χ1) is 22.5. The minimum Gasteiger partial charge on any atom is -0.367 e. The zero-order valence-corrected chi connectivity index (χ0v) is 26.1. The fourth-order valence-electron chi connectivity index (χ4n) is 6.97. The van der Waals surface area contributed by atoms with Crippen molar-refractivity contribution in [1.29, 1.82) is 0 Å². The van der Waals surface area contributed by atoms with Crippen LogP contribution in [0.1, 0.15) is 18.9 Å². The molecule has 0 saturated heterocycles. The summed E-state index contributed by atoms with van der Waals surface area (Å²) in [4.78, 5) is 31.5. The molecule has 0 unspecified atom stereocenters. The average molecular weight is 657 g/mol. The molecule has 0 spiro atoms. The minimum absolute atomic E-state index is 0.00532. The topological polar surface area (TPSA) is 161 Å². The Kier molecular flexibility index (Phi) is 6.51. The Morgan fingerprint density at radius 2 is 1.79 bits per heavy atom. The number of ether oxygens (including phenoxy) is 1. The van der Waals surface area contributed by atoms with Crippen molar-refractivity contribution >= 4 is 43.7 Å². The van der Waals surface area contributed by atoms with Crippen LogP contribution in [-0.2, 0) is 33.7 Å². The molecule has 1 saturated carbocycles. The van der Waals surface area contributed by atoms with Crippen molar-refractivity contribution in [3.8, 4) is 22.4 Å². The molecule has 6 heterocycles. The molecule has 1 fully saturated rings. The minimum atomic E-state index is -4.42. The van der Waals surface area contributed by atoms with Gasteiger partial charge in [0.2, 0.25) is 11.9 Å². The number of pyridine rings is 1. The number of rotatable bonds is 3. The van der Waals surface area contributed by atoms with E-state index in [1.165, 1.54) is 40.8 Å². The second-order valence-corrected chi connectivity index (χ2v) is 13.8. The van der Waals surface area contributed by atoms with Gasteiger partial charge in [0.25, 0.3) is 10.0 Å². The zero-order valence-electron chi connectivity index (χ0n) is 25.3. The fourth-order valence-corrected chi connectivity index (χ4v) is 8.47. The van der Waals surface area contributed by atoms with E-state index < -0.39 is 34.2 Å². The van der Waals surface area contributed by atoms with Crippen LogP contribution in [0, 0.1) is 5.95 Å². The molecule has 240 valence electrons. The van der Waals surface area contributed by atoms with E-state index in [2.05, 4.69) is 15.4 Å². The predicted molar refractivity (Wildman–Crippen MR) is 172 cm³/mol. The lowest BCUT2D eigenvalue weighted by atomic mass is 9.99. The number of carbonyl (C=O) groups excluding carboxylic acids is 1. The van der Waals surface area contributed by atoms with Gasteiger partial charge in [-0.2, -0.15) is 4.39 Å². The Hall–Kier alpha value is -5.12. The lowest BCUT2D eigenvalue weighted by Gasteiger charge is -2.16. The van der Waals surface area contributed by atoms with Gasteiger partial charge in [0.15, 0.2) is 5.65 Å². The van der Waals surface area contributed by atoms with E-state index in [-0.39, 0.29) is 40.0 Å². The highest BCUT2D eigenvalue weighted by molar-refractivity contribution is 7.90. The van der Waals surface area contributed by atoms with Gasteiger partial charge in [0.1, 0.15) is 6.61 Å². The molecule has 9 rings (SSSR count). The van der Waals surface area contributed by atoms with Crippen LogP contribution in [0.5, 0.6) is 0 Å². The van der Waals surface area contributed by atoms with Gasteiger partial charge in [-0.15, -0.1) is 5.10 Å². The molecule has 1 aliphatic carbocycles. The molecule has 2 aliphatic heterocycles. The number of hydrogen-bond acceptors (Lipinski definition) is 8. The number of amides is 1. The van der Waals surface area contributed by atoms with Gasteiger partial charge < -0.3 is 15.8 Å². The van der Waals surface area contributed by atoms with Gasteiger partial charge in [-0.3, -0.25) is 18.6 Å². The number of aromatic nitrogens is 6. The maximum atomic E-state index is 15.8. The monoisotopic (exact) mass is 656 g/mol. The van der Waals surface area contributed by atoms with Crippen molar-refractivity contribution < 1.29 is 22.3 Å². The van der Waals surface area contributed by atoms with E-state index in [9.17, 15) is 18.0 Å². The largest absolute Gasteiger partial charge is 0.367 e. The normalized spacial score (nSPS) is 19.8. The summed E-state index contributed by atoms with van der Waals surface area (Å²) in [6.45, 7) is -0.224. The zero-order chi connectivity index (χ0) is 32.8. The van der Waals surface area contributed by atoms with Crippen molar-refractivity contribution in [1.82, 2.24) is 27.9 Å². The number of halogens is 1. The van der Waals surface area contributed by atoms with E-state index >= 15 is 4.39 Å². The van der Waals surface area contributed by atoms with E-state index in [0.29, 0.717) is 46.1 Å². The molecule has 47 heavy (non-hydrogen) atoms. The molecule has 3 N–H and O–H groups in total. The third kappa shape index (κ3) is 4.37. The summed E-state index contributed by atoms with van der Waals surface area (Å²) in [6, 6.07) is 13.6. The number of nitrogens with two attached hydrogens (primary N) is 1. The van der Waals surface area contributed by atoms with E-state index in [4.69, 9.17) is 10.5 Å². The summed E-state index contributed by atoms with van der Waals surface area (Å²) in [5.74, 6) is -1.27. The van der Waals surface area contributed by atoms with Gasteiger partial charge in [0.05, 0.1) is 44.9 Å². The molecule has 3 atom stereocenters. The molecule has 4 aromatic heterocycles. The quantitative estimate of drug-likeness (QED) is 0.294. The molecule has 6 aromatic rings. The second kappa shape index (κ2) is 10.4. The predicted octanol–water partition coefficient (Wildman–Crippen LogP) is 3.13. The van der Waals surface area contributed by atoms with Crippen molar-refractivity contribution in [2.24, 2.45) is 19.8 Å². The Morgan fingerprint density at radius 3 is 2.49 bits per heavy atom. The van der Waals surface area contributed by atoms with Gasteiger partial charge in [0, 0.05) is 43.6 Å². The smallest absolute Gasteiger partial charge is 0.329 e. The molecule has 15 heteroatoms. The van der Waals surface area contributed by atoms with Crippen molar-refractivity contribution in [2.45, 2.75) is 35.9 Å². The van der Waals surface area contributed by atoms with Gasteiger partial charge in [-0.1, -0.05) is 30.3 Å². The molecule has 3 aliphatic rings. The van der Waals surface area contributed by atoms with Crippen LogP contribution in [0.25, 0.3) is 44.5 Å². The number of nitrogens with zero attached hydrogens (tertiary/aromatic N) is 6. The molecular weight excluding hydrogens is 627 g/mol. The van der Waals surface area contributed by atoms with Crippen LogP contribution in [0.4, 0.5) is 10.1 Å². The number of anilines is 1. The molecule has 13 nitrogen and oxygen atoms in total. The molecular formula is C32H29FN8O5S. The van der Waals surface area contributed by atoms with Crippen LogP contribution in [0.2, 0.25) is 0 Å². The summed E-state index contributed by atoms with van der Waals surface area (Å²) in [5.41, 5.74) is 8.23. The number of carbonyl (C=O) groups is 1. The number of hydrogen-bond donors (Lipinski definition) is 2. The first kappa shape index (κ1) is 29.3. The fraction of sp³-hybridized carbons (Fsp3) is 0.250. The number of aryl methyl sites for hydroxylation is 2. The van der Waals surface area contributed by atoms with Crippen molar-refractivity contribution in [3.63, 3.8) is 0 Å². The SMILES string of the molecule is Cn1cc(-c2c3c4c(ncc5c4n(c(=O)n5C)[C@H]4C[C@H](N)[C@@H](C4)OCC(=O)Nc4ccc-3cc4)n2S(=O)(=O)c2ccccc2)c(F)n1. The van der Waals surface area contributed by atoms with Crippen LogP contribution in [-0.4, -0.2) is 60.9 Å². The first-order valence-electron chi connectivity index (χ1n) is 15.0. The summed E-state index contributed by atoms with van der Waals surface area (Å²) in [6.07, 6.45) is 3.06. The van der Waals surface area contributed by atoms with Crippen molar-refractivity contribution in [2.75, 3.05) is 11.9 Å². The van der Waals surface area contributed by atoms with Crippen LogP contribution in [0.15, 0.2) is 76.7 Å². The van der Waals surface area contributed by atoms with Crippen LogP contribution < -0.4 is 16.7 Å². The lowest BCUT2D eigenvalue weighted by molar-refractivity contribution is -0.122. The third-order valence-corrected chi connectivity index (χ3v) is 10.8. The van der Waals surface area contributed by atoms with Crippen LogP contribution in [0.3, 0.4) is 0 Å². The van der Waals surface area contributed by atoms with Crippen molar-refractivity contribution in [3.05, 3.63) is 83.4 Å². The van der Waals surface area contributed by atoms with E-state index in [1.807, 2.05) is 0 Å². The maximum absolute atomic E-state index is 15.8. The number of fused-ring (bicyclic) bond motifs is 5. The summed E-state index contributed by atoms with van der Waals surface area (Å²) in [7, 11) is -1.26. The Balaban J connectivity index is 1.60. The summed E-state index contributed by atoms with van der Waals surface area (Å²) < 4.78 is 56.4. The summed E-state index contributed by atoms with van der Waals surface area (Å²) >= 11 is 0. The highest BCUT2D eigenvalue weighted by Gasteiger charge is 2.39. The molecule has 2 aromatic carbocycles. The Morgan fingerprint density at radius 1 is 1.04 bits per heavy atom. The maximum Gasteiger partial charge on any atom is 0.329 e. The Bertz CT molecular complexity index is 2410. The van der Waals surface area contributed by atoms with E-state index in [1.54, 1.807) is 54.1 Å². The summed E-state index contributed by atoms with van der Waals surface area (Å²) in [5, 5.41) is 7.05. The third-order valence-electron chi connectivity index (χ3n) is 9.09. The number of nitrogens with one attached hydrogen (secondary N) is 1. The highest BCUT2D eigenvalue weighted by Crippen LogP contribution is 2.46. The number of imidazole rings is 1. The standard InChI is InChI=1S/C32H29FN8O5S/c1-38-15-21(30(33)37-38)28-26-17-8-10-18(11-9-17)36-25(42)16-46-24-13-19(12-22(24)34)40-29-23(39(2)32(40)43)14-35-31(27(26)29)41(28)47(44,45)20-6-4-3-5-7-20/h3-11,14-15,19,22,24H,12-13,16,34H2,1-2H3,(H,36,42)/t19-,22-,24+/m0/s1. The number of benzene rings is 2. The van der Waals surface area contributed by atoms with Crippen LogP contribution >= 0.6 is 0 Å². The van der Waals surface area contributed by atoms with Gasteiger partial charge in [-0.25, -0.2) is 22.2 Å². The Labute approximate surface area is 267 Å². The molecule has 4 bridgehead atoms. The van der Waals surface area contributed by atoms with Gasteiger partial charge >= 0.3 is 5.69 Å².